The summed E-state index contributed by atoms with van der Waals surface area (Å²) < 4.78 is 25.8. The number of hydrogen-bond donors (Lipinski definition) is 1. The minimum absolute atomic E-state index is 0.0318. The maximum atomic E-state index is 13.3. The number of benzene rings is 1. The Labute approximate surface area is 217 Å². The lowest BCUT2D eigenvalue weighted by molar-refractivity contribution is 0.0636. The lowest BCUT2D eigenvalue weighted by atomic mass is 10.0. The summed E-state index contributed by atoms with van der Waals surface area (Å²) in [5, 5.41) is 1.05. The first-order valence-corrected chi connectivity index (χ1v) is 14.5. The van der Waals surface area contributed by atoms with Crippen molar-refractivity contribution >= 4 is 39.1 Å². The van der Waals surface area contributed by atoms with Gasteiger partial charge in [-0.15, -0.1) is 0 Å². The third-order valence-corrected chi connectivity index (χ3v) is 8.39. The fraction of sp³-hybridized carbons (Fsp3) is 0.542. The number of nitrogens with one attached hydrogen (secondary N) is 1. The van der Waals surface area contributed by atoms with E-state index in [1.54, 1.807) is 6.07 Å². The van der Waals surface area contributed by atoms with Gasteiger partial charge >= 0.3 is 0 Å². The summed E-state index contributed by atoms with van der Waals surface area (Å²) in [6.45, 7) is 4.82. The highest BCUT2D eigenvalue weighted by atomic mass is 35.5. The normalized spacial score (nSPS) is 19.9. The van der Waals surface area contributed by atoms with Gasteiger partial charge in [-0.05, 0) is 56.7 Å². The van der Waals surface area contributed by atoms with Crippen LogP contribution in [0.15, 0.2) is 24.5 Å². The Kier molecular flexibility index (Phi) is 8.33. The van der Waals surface area contributed by atoms with E-state index >= 15 is 0 Å². The molecule has 2 aromatic rings. The first-order chi connectivity index (χ1) is 16.6. The van der Waals surface area contributed by atoms with Gasteiger partial charge in [0.05, 0.1) is 16.3 Å². The molecule has 0 spiro atoms. The molecule has 2 aliphatic rings. The minimum Gasteiger partial charge on any atom is -0.337 e. The average molecular weight is 541 g/mol. The number of aromatic nitrogens is 2. The van der Waals surface area contributed by atoms with Crippen LogP contribution >= 0.6 is 23.2 Å². The Morgan fingerprint density at radius 2 is 1.83 bits per heavy atom. The summed E-state index contributed by atoms with van der Waals surface area (Å²) in [6.07, 6.45) is 6.63. The molecule has 2 fully saturated rings. The summed E-state index contributed by atoms with van der Waals surface area (Å²) in [5.74, 6) is -0.0582. The zero-order valence-corrected chi connectivity index (χ0v) is 22.3. The zero-order valence-electron chi connectivity index (χ0n) is 20.0. The Morgan fingerprint density at radius 3 is 2.51 bits per heavy atom. The predicted octanol–water partition coefficient (Wildman–Crippen LogP) is 3.11. The van der Waals surface area contributed by atoms with Gasteiger partial charge in [0.15, 0.2) is 0 Å². The Balaban J connectivity index is 1.33. The SMILES string of the molecule is Cc1c(CCc2ccc(Cl)c(Cl)c2)ncnc1C(=O)N1CCC(N2CC[C@H](NS(C)(=O)=O)C2)CC1. The van der Waals surface area contributed by atoms with E-state index in [4.69, 9.17) is 23.2 Å². The van der Waals surface area contributed by atoms with Crippen molar-refractivity contribution in [1.29, 1.82) is 0 Å². The van der Waals surface area contributed by atoms with Crippen LogP contribution in [0.5, 0.6) is 0 Å². The molecule has 0 bridgehead atoms. The van der Waals surface area contributed by atoms with E-state index in [1.807, 2.05) is 24.0 Å². The number of nitrogens with zero attached hydrogens (tertiary/aromatic N) is 4. The van der Waals surface area contributed by atoms with Gasteiger partial charge in [-0.25, -0.2) is 23.1 Å². The number of likely N-dealkylation sites (tertiary alicyclic amines) is 2. The zero-order chi connectivity index (χ0) is 25.2. The van der Waals surface area contributed by atoms with E-state index in [0.29, 0.717) is 41.3 Å². The summed E-state index contributed by atoms with van der Waals surface area (Å²) in [6, 6.07) is 5.92. The first-order valence-electron chi connectivity index (χ1n) is 11.9. The molecule has 2 aliphatic heterocycles. The molecular formula is C24H31Cl2N5O3S. The second-order valence-corrected chi connectivity index (χ2v) is 12.0. The molecule has 1 amide bonds. The molecule has 0 unspecified atom stereocenters. The monoisotopic (exact) mass is 539 g/mol. The molecule has 190 valence electrons. The van der Waals surface area contributed by atoms with E-state index in [9.17, 15) is 13.2 Å². The van der Waals surface area contributed by atoms with Crippen LogP contribution in [0.3, 0.4) is 0 Å². The van der Waals surface area contributed by atoms with Crippen LogP contribution in [0.4, 0.5) is 0 Å². The third-order valence-electron chi connectivity index (χ3n) is 6.89. The number of halogens is 2. The van der Waals surface area contributed by atoms with Gasteiger partial charge < -0.3 is 4.90 Å². The van der Waals surface area contributed by atoms with Crippen molar-refractivity contribution in [3.05, 3.63) is 57.1 Å². The molecule has 1 aromatic carbocycles. The molecular weight excluding hydrogens is 509 g/mol. The largest absolute Gasteiger partial charge is 0.337 e. The Morgan fingerprint density at radius 1 is 1.09 bits per heavy atom. The summed E-state index contributed by atoms with van der Waals surface area (Å²) in [4.78, 5) is 26.2. The predicted molar refractivity (Wildman–Crippen MR) is 138 cm³/mol. The fourth-order valence-electron chi connectivity index (χ4n) is 5.01. The van der Waals surface area contributed by atoms with Gasteiger partial charge in [0, 0.05) is 49.5 Å². The van der Waals surface area contributed by atoms with Crippen molar-refractivity contribution in [3.8, 4) is 0 Å². The number of amides is 1. The number of sulfonamides is 1. The third kappa shape index (κ3) is 6.71. The number of carbonyl (C=O) groups excluding carboxylic acids is 1. The molecule has 35 heavy (non-hydrogen) atoms. The number of hydrogen-bond acceptors (Lipinski definition) is 6. The number of piperidine rings is 1. The van der Waals surface area contributed by atoms with E-state index in [2.05, 4.69) is 19.6 Å². The minimum atomic E-state index is -3.20. The molecule has 0 aliphatic carbocycles. The highest BCUT2D eigenvalue weighted by molar-refractivity contribution is 7.88. The summed E-state index contributed by atoms with van der Waals surface area (Å²) in [5.41, 5.74) is 3.18. The van der Waals surface area contributed by atoms with Crippen LogP contribution in [-0.4, -0.2) is 78.6 Å². The van der Waals surface area contributed by atoms with Crippen molar-refractivity contribution < 1.29 is 13.2 Å². The van der Waals surface area contributed by atoms with Crippen molar-refractivity contribution in [2.45, 2.75) is 51.1 Å². The smallest absolute Gasteiger partial charge is 0.272 e. The first kappa shape index (κ1) is 26.3. The average Bonchev–Trinajstić information content (AvgIpc) is 3.27. The second-order valence-electron chi connectivity index (χ2n) is 9.44. The number of carbonyl (C=O) groups is 1. The standard InChI is InChI=1S/C24H31Cl2N5O3S/c1-16-22(6-4-17-3-5-20(25)21(26)13-17)27-15-28-23(16)24(32)30-11-8-19(9-12-30)31-10-7-18(14-31)29-35(2,33)34/h3,5,13,15,18-19,29H,4,6-12,14H2,1-2H3/t18-/m0/s1. The van der Waals surface area contributed by atoms with Crippen LogP contribution in [-0.2, 0) is 22.9 Å². The second kappa shape index (κ2) is 11.1. The molecule has 1 atom stereocenters. The number of rotatable bonds is 7. The molecule has 11 heteroatoms. The quantitative estimate of drug-likeness (QED) is 0.580. The van der Waals surface area contributed by atoms with E-state index in [-0.39, 0.29) is 11.9 Å². The molecule has 1 aromatic heterocycles. The summed E-state index contributed by atoms with van der Waals surface area (Å²) in [7, 11) is -3.20. The van der Waals surface area contributed by atoms with Crippen molar-refractivity contribution in [2.75, 3.05) is 32.4 Å². The van der Waals surface area contributed by atoms with E-state index in [0.717, 1.165) is 55.6 Å². The van der Waals surface area contributed by atoms with Gasteiger partial charge in [0.2, 0.25) is 10.0 Å². The fourth-order valence-corrected chi connectivity index (χ4v) is 6.13. The van der Waals surface area contributed by atoms with Crippen molar-refractivity contribution in [1.82, 2.24) is 24.5 Å². The maximum absolute atomic E-state index is 13.3. The summed E-state index contributed by atoms with van der Waals surface area (Å²) >= 11 is 12.1. The lowest BCUT2D eigenvalue weighted by Crippen LogP contribution is -2.47. The highest BCUT2D eigenvalue weighted by Crippen LogP contribution is 2.25. The van der Waals surface area contributed by atoms with Crippen LogP contribution in [0.25, 0.3) is 0 Å². The van der Waals surface area contributed by atoms with Crippen molar-refractivity contribution in [2.24, 2.45) is 0 Å². The van der Waals surface area contributed by atoms with E-state index in [1.165, 1.54) is 12.6 Å². The molecule has 0 saturated carbocycles. The molecule has 2 saturated heterocycles. The van der Waals surface area contributed by atoms with Crippen LogP contribution in [0.1, 0.15) is 46.6 Å². The number of aryl methyl sites for hydroxylation is 2. The van der Waals surface area contributed by atoms with Crippen LogP contribution in [0, 0.1) is 6.92 Å². The van der Waals surface area contributed by atoms with Crippen LogP contribution < -0.4 is 4.72 Å². The van der Waals surface area contributed by atoms with E-state index < -0.39 is 10.0 Å². The molecule has 4 rings (SSSR count). The molecule has 1 N–H and O–H groups in total. The molecule has 8 nitrogen and oxygen atoms in total. The Bertz CT molecular complexity index is 1190. The van der Waals surface area contributed by atoms with Gasteiger partial charge in [0.1, 0.15) is 12.0 Å². The van der Waals surface area contributed by atoms with Gasteiger partial charge in [-0.1, -0.05) is 29.3 Å². The Hall–Kier alpha value is -1.78. The van der Waals surface area contributed by atoms with Crippen LogP contribution in [0.2, 0.25) is 10.0 Å². The molecule has 0 radical (unpaired) electrons. The lowest BCUT2D eigenvalue weighted by Gasteiger charge is -2.36. The van der Waals surface area contributed by atoms with Gasteiger partial charge in [0.25, 0.3) is 5.91 Å². The maximum Gasteiger partial charge on any atom is 0.272 e. The van der Waals surface area contributed by atoms with Gasteiger partial charge in [-0.3, -0.25) is 9.69 Å². The highest BCUT2D eigenvalue weighted by Gasteiger charge is 2.33. The molecule has 3 heterocycles. The van der Waals surface area contributed by atoms with Gasteiger partial charge in [-0.2, -0.15) is 0 Å². The topological polar surface area (TPSA) is 95.5 Å². The van der Waals surface area contributed by atoms with Crippen molar-refractivity contribution in [3.63, 3.8) is 0 Å².